The van der Waals surface area contributed by atoms with E-state index in [1.165, 1.54) is 6.20 Å². The monoisotopic (exact) mass is 238 g/mol. The normalized spacial score (nSPS) is 11.0. The topological polar surface area (TPSA) is 103 Å². The van der Waals surface area contributed by atoms with Crippen LogP contribution >= 0.6 is 0 Å². The van der Waals surface area contributed by atoms with E-state index in [9.17, 15) is 9.59 Å². The van der Waals surface area contributed by atoms with Gasteiger partial charge in [-0.05, 0) is 26.8 Å². The number of hydrogen-bond donors (Lipinski definition) is 2. The molecule has 0 unspecified atom stereocenters. The Morgan fingerprint density at radius 2 is 2.00 bits per heavy atom. The first kappa shape index (κ1) is 13.0. The lowest BCUT2D eigenvalue weighted by Gasteiger charge is -2.19. The first-order chi connectivity index (χ1) is 7.70. The van der Waals surface area contributed by atoms with Crippen molar-refractivity contribution in [3.8, 4) is 0 Å². The van der Waals surface area contributed by atoms with Gasteiger partial charge < -0.3 is 15.6 Å². The Balaban J connectivity index is 3.04. The van der Waals surface area contributed by atoms with E-state index in [0.717, 1.165) is 6.07 Å². The van der Waals surface area contributed by atoms with Crippen molar-refractivity contribution in [2.24, 2.45) is 0 Å². The molecule has 0 aliphatic rings. The van der Waals surface area contributed by atoms with Gasteiger partial charge in [-0.15, -0.1) is 0 Å². The molecule has 0 fully saturated rings. The summed E-state index contributed by atoms with van der Waals surface area (Å²) in [7, 11) is 0. The van der Waals surface area contributed by atoms with Crippen molar-refractivity contribution in [1.29, 1.82) is 0 Å². The average Bonchev–Trinajstić information content (AvgIpc) is 2.14. The standard InChI is InChI=1S/C11H14N2O4/c1-11(2,3)17-10(16)6-4-7(9(14)15)8(12)13-5-6/h4-5H,1-3H3,(H2,12,13)(H,14,15). The maximum atomic E-state index is 11.7. The average molecular weight is 238 g/mol. The van der Waals surface area contributed by atoms with E-state index in [1.807, 2.05) is 0 Å². The minimum Gasteiger partial charge on any atom is -0.478 e. The van der Waals surface area contributed by atoms with Crippen molar-refractivity contribution in [3.63, 3.8) is 0 Å². The minimum absolute atomic E-state index is 0.0616. The molecule has 0 atom stereocenters. The lowest BCUT2D eigenvalue weighted by atomic mass is 10.1. The summed E-state index contributed by atoms with van der Waals surface area (Å²) in [6, 6.07) is 1.15. The first-order valence-electron chi connectivity index (χ1n) is 4.93. The van der Waals surface area contributed by atoms with Gasteiger partial charge in [-0.1, -0.05) is 0 Å². The molecule has 0 bridgehead atoms. The summed E-state index contributed by atoms with van der Waals surface area (Å²) < 4.78 is 5.09. The molecule has 6 nitrogen and oxygen atoms in total. The first-order valence-corrected chi connectivity index (χ1v) is 4.93. The SMILES string of the molecule is CC(C)(C)OC(=O)c1cnc(N)c(C(=O)O)c1. The molecule has 0 saturated heterocycles. The Morgan fingerprint density at radius 3 is 2.47 bits per heavy atom. The molecule has 6 heteroatoms. The van der Waals surface area contributed by atoms with Crippen molar-refractivity contribution in [1.82, 2.24) is 4.98 Å². The Bertz CT molecular complexity index is 463. The zero-order valence-corrected chi connectivity index (χ0v) is 9.85. The van der Waals surface area contributed by atoms with E-state index in [2.05, 4.69) is 4.98 Å². The molecule has 1 aromatic heterocycles. The Hall–Kier alpha value is -2.11. The highest BCUT2D eigenvalue weighted by molar-refractivity contribution is 5.97. The molecule has 0 amide bonds. The number of carboxylic acid groups (broad SMARTS) is 1. The minimum atomic E-state index is -1.24. The van der Waals surface area contributed by atoms with Crippen LogP contribution in [0.25, 0.3) is 0 Å². The van der Waals surface area contributed by atoms with Crippen LogP contribution in [-0.2, 0) is 4.74 Å². The number of nitrogens with zero attached hydrogens (tertiary/aromatic N) is 1. The summed E-state index contributed by atoms with van der Waals surface area (Å²) in [4.78, 5) is 26.1. The second-order valence-corrected chi connectivity index (χ2v) is 4.46. The number of esters is 1. The summed E-state index contributed by atoms with van der Waals surface area (Å²) in [5.41, 5.74) is 4.57. The number of nitrogen functional groups attached to an aromatic ring is 1. The van der Waals surface area contributed by atoms with Crippen LogP contribution in [0, 0.1) is 0 Å². The van der Waals surface area contributed by atoms with Crippen LogP contribution in [-0.4, -0.2) is 27.6 Å². The van der Waals surface area contributed by atoms with Gasteiger partial charge in [0.1, 0.15) is 17.0 Å². The molecule has 1 aromatic rings. The number of rotatable bonds is 2. The molecule has 0 spiro atoms. The number of carbonyl (C=O) groups is 2. The van der Waals surface area contributed by atoms with Gasteiger partial charge in [-0.3, -0.25) is 0 Å². The molecule has 92 valence electrons. The Kier molecular flexibility index (Phi) is 3.36. The molecular weight excluding hydrogens is 224 g/mol. The molecule has 0 radical (unpaired) electrons. The van der Waals surface area contributed by atoms with Crippen LogP contribution in [0.3, 0.4) is 0 Å². The predicted octanol–water partition coefficient (Wildman–Crippen LogP) is 1.32. The number of carboxylic acids is 1. The third-order valence-corrected chi connectivity index (χ3v) is 1.78. The Labute approximate surface area is 98.4 Å². The van der Waals surface area contributed by atoms with Gasteiger partial charge in [0.15, 0.2) is 0 Å². The fourth-order valence-corrected chi connectivity index (χ4v) is 1.10. The zero-order valence-electron chi connectivity index (χ0n) is 9.85. The quantitative estimate of drug-likeness (QED) is 0.753. The maximum absolute atomic E-state index is 11.7. The van der Waals surface area contributed by atoms with Crippen LogP contribution in [0.2, 0.25) is 0 Å². The van der Waals surface area contributed by atoms with E-state index < -0.39 is 17.5 Å². The molecule has 3 N–H and O–H groups in total. The number of carbonyl (C=O) groups excluding carboxylic acids is 1. The number of pyridine rings is 1. The Morgan fingerprint density at radius 1 is 1.41 bits per heavy atom. The van der Waals surface area contributed by atoms with Crippen molar-refractivity contribution in [2.75, 3.05) is 5.73 Å². The molecule has 0 aromatic carbocycles. The lowest BCUT2D eigenvalue weighted by Crippen LogP contribution is -2.24. The van der Waals surface area contributed by atoms with E-state index in [4.69, 9.17) is 15.6 Å². The predicted molar refractivity (Wildman–Crippen MR) is 60.8 cm³/mol. The zero-order chi connectivity index (χ0) is 13.2. The van der Waals surface area contributed by atoms with Crippen LogP contribution in [0.5, 0.6) is 0 Å². The summed E-state index contributed by atoms with van der Waals surface area (Å²) >= 11 is 0. The molecule has 0 aliphatic heterocycles. The molecule has 0 aliphatic carbocycles. The van der Waals surface area contributed by atoms with Crippen LogP contribution in [0.4, 0.5) is 5.82 Å². The lowest BCUT2D eigenvalue weighted by molar-refractivity contribution is 0.00691. The van der Waals surface area contributed by atoms with E-state index >= 15 is 0 Å². The number of hydrogen-bond acceptors (Lipinski definition) is 5. The second-order valence-electron chi connectivity index (χ2n) is 4.46. The van der Waals surface area contributed by atoms with Gasteiger partial charge in [0, 0.05) is 6.20 Å². The van der Waals surface area contributed by atoms with Gasteiger partial charge in [0.25, 0.3) is 0 Å². The third-order valence-electron chi connectivity index (χ3n) is 1.78. The highest BCUT2D eigenvalue weighted by Gasteiger charge is 2.20. The fraction of sp³-hybridized carbons (Fsp3) is 0.364. The van der Waals surface area contributed by atoms with Gasteiger partial charge in [-0.2, -0.15) is 0 Å². The summed E-state index contributed by atoms with van der Waals surface area (Å²) in [5.74, 6) is -2.00. The second kappa shape index (κ2) is 4.40. The molecule has 1 heterocycles. The van der Waals surface area contributed by atoms with E-state index in [-0.39, 0.29) is 16.9 Å². The fourth-order valence-electron chi connectivity index (χ4n) is 1.10. The van der Waals surface area contributed by atoms with Gasteiger partial charge in [-0.25, -0.2) is 14.6 Å². The molecular formula is C11H14N2O4. The van der Waals surface area contributed by atoms with Crippen molar-refractivity contribution in [3.05, 3.63) is 23.4 Å². The van der Waals surface area contributed by atoms with Gasteiger partial charge in [0.2, 0.25) is 0 Å². The molecule has 1 rings (SSSR count). The number of anilines is 1. The van der Waals surface area contributed by atoms with Gasteiger partial charge in [0.05, 0.1) is 5.56 Å². The number of nitrogens with two attached hydrogens (primary N) is 1. The smallest absolute Gasteiger partial charge is 0.340 e. The largest absolute Gasteiger partial charge is 0.478 e. The van der Waals surface area contributed by atoms with Crippen molar-refractivity contribution < 1.29 is 19.4 Å². The van der Waals surface area contributed by atoms with E-state index in [0.29, 0.717) is 0 Å². The third kappa shape index (κ3) is 3.44. The maximum Gasteiger partial charge on any atom is 0.340 e. The highest BCUT2D eigenvalue weighted by Crippen LogP contribution is 2.15. The van der Waals surface area contributed by atoms with Crippen LogP contribution < -0.4 is 5.73 Å². The number of ether oxygens (including phenoxy) is 1. The van der Waals surface area contributed by atoms with Crippen molar-refractivity contribution >= 4 is 17.8 Å². The van der Waals surface area contributed by atoms with E-state index in [1.54, 1.807) is 20.8 Å². The van der Waals surface area contributed by atoms with Crippen LogP contribution in [0.1, 0.15) is 41.5 Å². The summed E-state index contributed by atoms with van der Waals surface area (Å²) in [6.07, 6.45) is 1.19. The number of aromatic nitrogens is 1. The number of aromatic carboxylic acids is 1. The summed E-state index contributed by atoms with van der Waals surface area (Å²) in [5, 5.41) is 8.83. The van der Waals surface area contributed by atoms with Crippen molar-refractivity contribution in [2.45, 2.75) is 26.4 Å². The van der Waals surface area contributed by atoms with Gasteiger partial charge >= 0.3 is 11.9 Å². The molecule has 17 heavy (non-hydrogen) atoms. The van der Waals surface area contributed by atoms with Crippen LogP contribution in [0.15, 0.2) is 12.3 Å². The molecule has 0 saturated carbocycles. The summed E-state index contributed by atoms with van der Waals surface area (Å²) in [6.45, 7) is 5.15. The highest BCUT2D eigenvalue weighted by atomic mass is 16.6.